The third-order valence-corrected chi connectivity index (χ3v) is 8.42. The maximum absolute atomic E-state index is 6.48. The van der Waals surface area contributed by atoms with Crippen LogP contribution in [-0.4, -0.2) is 88.2 Å². The lowest BCUT2D eigenvalue weighted by Gasteiger charge is -2.32. The molecule has 1 aliphatic rings. The summed E-state index contributed by atoms with van der Waals surface area (Å²) >= 11 is 0. The van der Waals surface area contributed by atoms with Gasteiger partial charge in [-0.05, 0) is 54.5 Å². The molecule has 0 spiro atoms. The van der Waals surface area contributed by atoms with E-state index in [-0.39, 0.29) is 12.0 Å². The number of ether oxygens (including phenoxy) is 3. The van der Waals surface area contributed by atoms with E-state index in [2.05, 4.69) is 41.3 Å². The summed E-state index contributed by atoms with van der Waals surface area (Å²) in [6.07, 6.45) is 5.65. The van der Waals surface area contributed by atoms with Crippen LogP contribution in [0.3, 0.4) is 0 Å². The van der Waals surface area contributed by atoms with E-state index in [0.29, 0.717) is 51.5 Å². The second-order valence-electron chi connectivity index (χ2n) is 12.2. The van der Waals surface area contributed by atoms with Crippen molar-refractivity contribution in [1.29, 1.82) is 0 Å². The fourth-order valence-corrected chi connectivity index (χ4v) is 6.00. The standard InChI is InChI=1S/C35H45N9O3/c1-24(2)31-22-40-44-33(31)41-35(47-28-7-5-14-43(23-28)15-17-46-19-18-45-16-12-36)42-34(44)39-21-26-6-3-4-8-29(26)32-30-10-9-27(37)20-25(30)11-13-38-32/h3-4,6,8-11,13,20,22,24,28H,5,7,12,14-19,21,23,36-37H2,1-2H3,(H,39,41,42)/t28-/m1/s1. The quantitative estimate of drug-likeness (QED) is 0.110. The van der Waals surface area contributed by atoms with E-state index < -0.39 is 0 Å². The van der Waals surface area contributed by atoms with Gasteiger partial charge >= 0.3 is 6.01 Å². The number of hydrogen-bond donors (Lipinski definition) is 3. The third kappa shape index (κ3) is 7.96. The number of nitrogens with one attached hydrogen (secondary N) is 1. The molecule has 3 aromatic heterocycles. The molecule has 0 unspecified atom stereocenters. The van der Waals surface area contributed by atoms with Gasteiger partial charge in [-0.15, -0.1) is 0 Å². The summed E-state index contributed by atoms with van der Waals surface area (Å²) in [5.74, 6) is 0.810. The molecule has 5 N–H and O–H groups in total. The minimum absolute atomic E-state index is 0.0236. The summed E-state index contributed by atoms with van der Waals surface area (Å²) in [7, 11) is 0. The van der Waals surface area contributed by atoms with Crippen LogP contribution >= 0.6 is 0 Å². The molecule has 0 aliphatic carbocycles. The molecule has 248 valence electrons. The highest BCUT2D eigenvalue weighted by Gasteiger charge is 2.24. The van der Waals surface area contributed by atoms with E-state index in [4.69, 9.17) is 40.6 Å². The first-order chi connectivity index (χ1) is 23.0. The lowest BCUT2D eigenvalue weighted by Crippen LogP contribution is -2.42. The third-order valence-electron chi connectivity index (χ3n) is 8.42. The Morgan fingerprint density at radius 3 is 2.72 bits per heavy atom. The lowest BCUT2D eigenvalue weighted by molar-refractivity contribution is 0.0261. The van der Waals surface area contributed by atoms with Crippen molar-refractivity contribution in [2.45, 2.75) is 45.3 Å². The first-order valence-corrected chi connectivity index (χ1v) is 16.5. The van der Waals surface area contributed by atoms with E-state index in [1.807, 2.05) is 48.8 Å². The molecule has 5 aromatic rings. The highest BCUT2D eigenvalue weighted by Crippen LogP contribution is 2.31. The van der Waals surface area contributed by atoms with Crippen molar-refractivity contribution in [3.05, 3.63) is 72.1 Å². The highest BCUT2D eigenvalue weighted by molar-refractivity contribution is 5.96. The number of piperidine rings is 1. The second kappa shape index (κ2) is 15.5. The molecular formula is C35H45N9O3. The Bertz CT molecular complexity index is 1780. The molecule has 0 saturated carbocycles. The summed E-state index contributed by atoms with van der Waals surface area (Å²) in [5, 5.41) is 10.3. The number of pyridine rings is 1. The molecule has 12 heteroatoms. The Morgan fingerprint density at radius 2 is 1.87 bits per heavy atom. The first-order valence-electron chi connectivity index (χ1n) is 16.5. The molecule has 1 aliphatic heterocycles. The van der Waals surface area contributed by atoms with Crippen LogP contribution in [0.25, 0.3) is 27.7 Å². The van der Waals surface area contributed by atoms with Gasteiger partial charge < -0.3 is 31.0 Å². The predicted molar refractivity (Wildman–Crippen MR) is 185 cm³/mol. The molecule has 1 fully saturated rings. The monoisotopic (exact) mass is 639 g/mol. The Balaban J connectivity index is 1.19. The van der Waals surface area contributed by atoms with E-state index in [0.717, 1.165) is 77.0 Å². The van der Waals surface area contributed by atoms with Crippen LogP contribution < -0.4 is 21.5 Å². The Labute approximate surface area is 275 Å². The van der Waals surface area contributed by atoms with Gasteiger partial charge in [0, 0.05) is 54.6 Å². The molecule has 1 saturated heterocycles. The number of nitrogens with zero attached hydrogens (tertiary/aromatic N) is 6. The predicted octanol–water partition coefficient (Wildman–Crippen LogP) is 4.49. The van der Waals surface area contributed by atoms with E-state index >= 15 is 0 Å². The van der Waals surface area contributed by atoms with Crippen molar-refractivity contribution in [3.8, 4) is 17.3 Å². The van der Waals surface area contributed by atoms with Crippen LogP contribution in [0.5, 0.6) is 6.01 Å². The van der Waals surface area contributed by atoms with Crippen LogP contribution in [0.15, 0.2) is 60.9 Å². The van der Waals surface area contributed by atoms with Crippen molar-refractivity contribution < 1.29 is 14.2 Å². The molecular weight excluding hydrogens is 594 g/mol. The van der Waals surface area contributed by atoms with Crippen molar-refractivity contribution in [3.63, 3.8) is 0 Å². The second-order valence-corrected chi connectivity index (χ2v) is 12.2. The van der Waals surface area contributed by atoms with Crippen molar-refractivity contribution in [2.75, 3.05) is 63.7 Å². The molecule has 0 bridgehead atoms. The zero-order chi connectivity index (χ0) is 32.6. The van der Waals surface area contributed by atoms with Crippen molar-refractivity contribution >= 4 is 28.1 Å². The van der Waals surface area contributed by atoms with Crippen LogP contribution in [-0.2, 0) is 16.0 Å². The summed E-state index contributed by atoms with van der Waals surface area (Å²) < 4.78 is 19.4. The minimum Gasteiger partial charge on any atom is -0.459 e. The molecule has 0 radical (unpaired) electrons. The SMILES string of the molecule is CC(C)c1cnn2c(NCc3ccccc3-c3nccc4cc(N)ccc34)nc(O[C@@H]3CCCN(CCOCCOCCN)C3)nc12. The Kier molecular flexibility index (Phi) is 10.7. The number of nitrogen functional groups attached to an aromatic ring is 1. The number of nitrogens with two attached hydrogens (primary N) is 2. The summed E-state index contributed by atoms with van der Waals surface area (Å²) in [4.78, 5) is 16.8. The molecule has 6 rings (SSSR count). The molecule has 1 atom stereocenters. The summed E-state index contributed by atoms with van der Waals surface area (Å²) in [6, 6.07) is 16.5. The van der Waals surface area contributed by atoms with Crippen molar-refractivity contribution in [1.82, 2.24) is 29.5 Å². The normalized spacial score (nSPS) is 15.5. The van der Waals surface area contributed by atoms with E-state index in [9.17, 15) is 0 Å². The lowest BCUT2D eigenvalue weighted by atomic mass is 9.99. The average Bonchev–Trinajstić information content (AvgIpc) is 3.51. The van der Waals surface area contributed by atoms with Gasteiger partial charge in [0.15, 0.2) is 5.65 Å². The zero-order valence-electron chi connectivity index (χ0n) is 27.3. The number of hydrogen-bond acceptors (Lipinski definition) is 11. The van der Waals surface area contributed by atoms with Gasteiger partial charge in [0.2, 0.25) is 5.95 Å². The molecule has 2 aromatic carbocycles. The number of anilines is 2. The Morgan fingerprint density at radius 1 is 1.02 bits per heavy atom. The van der Waals surface area contributed by atoms with E-state index in [1.165, 1.54) is 0 Å². The van der Waals surface area contributed by atoms with Gasteiger partial charge in [-0.2, -0.15) is 19.6 Å². The topological polar surface area (TPSA) is 151 Å². The Hall–Kier alpha value is -4.36. The van der Waals surface area contributed by atoms with E-state index in [1.54, 1.807) is 4.52 Å². The zero-order valence-corrected chi connectivity index (χ0v) is 27.3. The number of likely N-dealkylation sites (tertiary alicyclic amines) is 1. The van der Waals surface area contributed by atoms with Crippen LogP contribution in [0.2, 0.25) is 0 Å². The number of benzene rings is 2. The summed E-state index contributed by atoms with van der Waals surface area (Å²) in [5.41, 5.74) is 17.1. The van der Waals surface area contributed by atoms with Gasteiger partial charge in [-0.1, -0.05) is 44.2 Å². The maximum atomic E-state index is 6.48. The van der Waals surface area contributed by atoms with Crippen LogP contribution in [0, 0.1) is 0 Å². The highest BCUT2D eigenvalue weighted by atomic mass is 16.5. The van der Waals surface area contributed by atoms with Crippen molar-refractivity contribution in [2.24, 2.45) is 5.73 Å². The molecule has 0 amide bonds. The fraction of sp³-hybridized carbons (Fsp3) is 0.429. The number of aromatic nitrogens is 5. The molecule has 12 nitrogen and oxygen atoms in total. The smallest absolute Gasteiger partial charge is 0.322 e. The molecule has 4 heterocycles. The molecule has 47 heavy (non-hydrogen) atoms. The van der Waals surface area contributed by atoms with Crippen LogP contribution in [0.4, 0.5) is 11.6 Å². The first kappa shape index (κ1) is 32.6. The van der Waals surface area contributed by atoms with Gasteiger partial charge in [0.25, 0.3) is 0 Å². The van der Waals surface area contributed by atoms with Crippen LogP contribution in [0.1, 0.15) is 43.7 Å². The number of rotatable bonds is 15. The average molecular weight is 640 g/mol. The maximum Gasteiger partial charge on any atom is 0.322 e. The number of fused-ring (bicyclic) bond motifs is 2. The van der Waals surface area contributed by atoms with Gasteiger partial charge in [0.05, 0.1) is 38.3 Å². The van der Waals surface area contributed by atoms with Gasteiger partial charge in [-0.25, -0.2) is 0 Å². The van der Waals surface area contributed by atoms with Gasteiger partial charge in [-0.3, -0.25) is 9.88 Å². The fourth-order valence-electron chi connectivity index (χ4n) is 6.00. The largest absolute Gasteiger partial charge is 0.459 e. The summed E-state index contributed by atoms with van der Waals surface area (Å²) in [6.45, 7) is 10.3. The minimum atomic E-state index is -0.0236. The van der Waals surface area contributed by atoms with Gasteiger partial charge in [0.1, 0.15) is 6.10 Å².